The summed E-state index contributed by atoms with van der Waals surface area (Å²) in [4.78, 5) is 16.7. The number of halogens is 1. The monoisotopic (exact) mass is 349 g/mol. The number of benzene rings is 1. The SMILES string of the molecule is CCC1CN(C(=O)NC2CCN(Cc3ccc(F)cc3)CC2)CCO1. The second kappa shape index (κ2) is 8.63. The molecule has 1 N–H and O–H groups in total. The smallest absolute Gasteiger partial charge is 0.317 e. The van der Waals surface area contributed by atoms with Crippen LogP contribution >= 0.6 is 0 Å². The summed E-state index contributed by atoms with van der Waals surface area (Å²) in [6.45, 7) is 6.80. The Bertz CT molecular complexity index is 558. The highest BCUT2D eigenvalue weighted by atomic mass is 19.1. The van der Waals surface area contributed by atoms with E-state index in [0.717, 1.165) is 44.5 Å². The van der Waals surface area contributed by atoms with Crippen molar-refractivity contribution in [2.24, 2.45) is 0 Å². The lowest BCUT2D eigenvalue weighted by molar-refractivity contribution is -0.0159. The van der Waals surface area contributed by atoms with Crippen LogP contribution in [0.2, 0.25) is 0 Å². The van der Waals surface area contributed by atoms with Crippen LogP contribution in [-0.2, 0) is 11.3 Å². The Balaban J connectivity index is 1.41. The summed E-state index contributed by atoms with van der Waals surface area (Å²) in [5.41, 5.74) is 1.13. The van der Waals surface area contributed by atoms with Crippen molar-refractivity contribution < 1.29 is 13.9 Å². The van der Waals surface area contributed by atoms with E-state index in [0.29, 0.717) is 19.7 Å². The Hall–Kier alpha value is -1.66. The zero-order chi connectivity index (χ0) is 17.6. The van der Waals surface area contributed by atoms with Crippen molar-refractivity contribution >= 4 is 6.03 Å². The van der Waals surface area contributed by atoms with Gasteiger partial charge in [-0.05, 0) is 37.0 Å². The molecule has 0 radical (unpaired) electrons. The van der Waals surface area contributed by atoms with Crippen LogP contribution < -0.4 is 5.32 Å². The van der Waals surface area contributed by atoms with Gasteiger partial charge in [-0.2, -0.15) is 0 Å². The molecule has 1 aromatic carbocycles. The van der Waals surface area contributed by atoms with Crippen molar-refractivity contribution in [2.45, 2.75) is 44.9 Å². The van der Waals surface area contributed by atoms with Gasteiger partial charge in [-0.25, -0.2) is 9.18 Å². The van der Waals surface area contributed by atoms with Gasteiger partial charge in [0.2, 0.25) is 0 Å². The van der Waals surface area contributed by atoms with Gasteiger partial charge >= 0.3 is 6.03 Å². The van der Waals surface area contributed by atoms with Crippen molar-refractivity contribution in [3.05, 3.63) is 35.6 Å². The minimum atomic E-state index is -0.196. The number of piperidine rings is 1. The van der Waals surface area contributed by atoms with Crippen LogP contribution in [0.15, 0.2) is 24.3 Å². The highest BCUT2D eigenvalue weighted by molar-refractivity contribution is 5.74. The van der Waals surface area contributed by atoms with Crippen molar-refractivity contribution in [1.29, 1.82) is 0 Å². The van der Waals surface area contributed by atoms with Gasteiger partial charge in [0.1, 0.15) is 5.82 Å². The normalized spacial score (nSPS) is 22.8. The first kappa shape index (κ1) is 18.1. The lowest BCUT2D eigenvalue weighted by Crippen LogP contribution is -2.53. The van der Waals surface area contributed by atoms with Gasteiger partial charge in [0.25, 0.3) is 0 Å². The van der Waals surface area contributed by atoms with Crippen molar-refractivity contribution in [1.82, 2.24) is 15.1 Å². The molecule has 1 atom stereocenters. The summed E-state index contributed by atoms with van der Waals surface area (Å²) in [6.07, 6.45) is 3.01. The van der Waals surface area contributed by atoms with E-state index >= 15 is 0 Å². The van der Waals surface area contributed by atoms with E-state index in [1.54, 1.807) is 0 Å². The van der Waals surface area contributed by atoms with Crippen LogP contribution in [-0.4, -0.2) is 60.8 Å². The molecule has 5 nitrogen and oxygen atoms in total. The number of urea groups is 1. The number of morpholine rings is 1. The predicted molar refractivity (Wildman–Crippen MR) is 94.8 cm³/mol. The summed E-state index contributed by atoms with van der Waals surface area (Å²) >= 11 is 0. The largest absolute Gasteiger partial charge is 0.375 e. The van der Waals surface area contributed by atoms with E-state index in [4.69, 9.17) is 4.74 Å². The molecular formula is C19H28FN3O2. The Morgan fingerprint density at radius 3 is 2.64 bits per heavy atom. The maximum Gasteiger partial charge on any atom is 0.317 e. The zero-order valence-electron chi connectivity index (χ0n) is 14.9. The van der Waals surface area contributed by atoms with Crippen LogP contribution in [0, 0.1) is 5.82 Å². The maximum absolute atomic E-state index is 13.0. The van der Waals surface area contributed by atoms with E-state index in [9.17, 15) is 9.18 Å². The van der Waals surface area contributed by atoms with Gasteiger partial charge in [0, 0.05) is 38.8 Å². The molecule has 1 aromatic rings. The van der Waals surface area contributed by atoms with E-state index in [2.05, 4.69) is 17.1 Å². The van der Waals surface area contributed by atoms with E-state index in [1.807, 2.05) is 17.0 Å². The van der Waals surface area contributed by atoms with Crippen molar-refractivity contribution in [3.63, 3.8) is 0 Å². The van der Waals surface area contributed by atoms with E-state index in [-0.39, 0.29) is 24.0 Å². The molecule has 0 aromatic heterocycles. The summed E-state index contributed by atoms with van der Waals surface area (Å²) in [6, 6.07) is 6.97. The molecule has 2 amide bonds. The number of ether oxygens (including phenoxy) is 1. The Morgan fingerprint density at radius 2 is 1.96 bits per heavy atom. The lowest BCUT2D eigenvalue weighted by Gasteiger charge is -2.36. The van der Waals surface area contributed by atoms with Gasteiger partial charge in [0.15, 0.2) is 0 Å². The quantitative estimate of drug-likeness (QED) is 0.909. The highest BCUT2D eigenvalue weighted by Gasteiger charge is 2.26. The molecule has 0 spiro atoms. The van der Waals surface area contributed by atoms with Gasteiger partial charge < -0.3 is 15.0 Å². The number of nitrogens with zero attached hydrogens (tertiary/aromatic N) is 2. The molecule has 2 fully saturated rings. The molecule has 25 heavy (non-hydrogen) atoms. The number of amides is 2. The predicted octanol–water partition coefficient (Wildman–Crippen LogP) is 2.61. The number of rotatable bonds is 4. The van der Waals surface area contributed by atoms with E-state index < -0.39 is 0 Å². The Kier molecular flexibility index (Phi) is 6.26. The molecule has 2 aliphatic heterocycles. The number of carbonyl (C=O) groups is 1. The summed E-state index contributed by atoms with van der Waals surface area (Å²) in [5.74, 6) is -0.196. The molecule has 3 rings (SSSR count). The summed E-state index contributed by atoms with van der Waals surface area (Å²) < 4.78 is 18.6. The fourth-order valence-electron chi connectivity index (χ4n) is 3.50. The van der Waals surface area contributed by atoms with Gasteiger partial charge in [-0.3, -0.25) is 4.90 Å². The third-order valence-electron chi connectivity index (χ3n) is 5.12. The average molecular weight is 349 g/mol. The Morgan fingerprint density at radius 1 is 1.24 bits per heavy atom. The van der Waals surface area contributed by atoms with Crippen LogP contribution in [0.1, 0.15) is 31.7 Å². The first-order valence-corrected chi connectivity index (χ1v) is 9.28. The Labute approximate surface area is 149 Å². The second-order valence-corrected chi connectivity index (χ2v) is 6.97. The molecule has 0 saturated carbocycles. The molecule has 0 aliphatic carbocycles. The van der Waals surface area contributed by atoms with Crippen molar-refractivity contribution in [3.8, 4) is 0 Å². The topological polar surface area (TPSA) is 44.8 Å². The molecule has 6 heteroatoms. The fraction of sp³-hybridized carbons (Fsp3) is 0.632. The zero-order valence-corrected chi connectivity index (χ0v) is 14.9. The first-order chi connectivity index (χ1) is 12.1. The minimum absolute atomic E-state index is 0.0405. The van der Waals surface area contributed by atoms with Crippen LogP contribution in [0.4, 0.5) is 9.18 Å². The highest BCUT2D eigenvalue weighted by Crippen LogP contribution is 2.15. The minimum Gasteiger partial charge on any atom is -0.375 e. The maximum atomic E-state index is 13.0. The summed E-state index contributed by atoms with van der Waals surface area (Å²) in [7, 11) is 0. The molecule has 2 heterocycles. The standard InChI is InChI=1S/C19H28FN3O2/c1-2-18-14-23(11-12-25-18)19(24)21-17-7-9-22(10-8-17)13-15-3-5-16(20)6-4-15/h3-6,17-18H,2,7-14H2,1H3,(H,21,24). The third-order valence-corrected chi connectivity index (χ3v) is 5.12. The molecule has 138 valence electrons. The van der Waals surface area contributed by atoms with E-state index in [1.165, 1.54) is 12.1 Å². The van der Waals surface area contributed by atoms with Crippen LogP contribution in [0.3, 0.4) is 0 Å². The molecular weight excluding hydrogens is 321 g/mol. The number of hydrogen-bond donors (Lipinski definition) is 1. The van der Waals surface area contributed by atoms with Gasteiger partial charge in [-0.15, -0.1) is 0 Å². The molecule has 2 aliphatic rings. The number of likely N-dealkylation sites (tertiary alicyclic amines) is 1. The molecule has 0 bridgehead atoms. The number of hydrogen-bond acceptors (Lipinski definition) is 3. The van der Waals surface area contributed by atoms with Crippen molar-refractivity contribution in [2.75, 3.05) is 32.8 Å². The first-order valence-electron chi connectivity index (χ1n) is 9.28. The molecule has 2 saturated heterocycles. The fourth-order valence-corrected chi connectivity index (χ4v) is 3.50. The second-order valence-electron chi connectivity index (χ2n) is 6.97. The number of nitrogens with one attached hydrogen (secondary N) is 1. The van der Waals surface area contributed by atoms with Gasteiger partial charge in [-0.1, -0.05) is 19.1 Å². The third kappa shape index (κ3) is 5.16. The number of carbonyl (C=O) groups excluding carboxylic acids is 1. The van der Waals surface area contributed by atoms with Crippen LogP contribution in [0.25, 0.3) is 0 Å². The summed E-state index contributed by atoms with van der Waals surface area (Å²) in [5, 5.41) is 3.18. The molecule has 1 unspecified atom stereocenters. The van der Waals surface area contributed by atoms with Gasteiger partial charge in [0.05, 0.1) is 12.7 Å². The van der Waals surface area contributed by atoms with Crippen LogP contribution in [0.5, 0.6) is 0 Å². The average Bonchev–Trinajstić information content (AvgIpc) is 2.65. The lowest BCUT2D eigenvalue weighted by atomic mass is 10.0.